The van der Waals surface area contributed by atoms with E-state index in [-0.39, 0.29) is 30.1 Å². The van der Waals surface area contributed by atoms with Crippen LogP contribution in [0.1, 0.15) is 72.6 Å². The molecule has 3 aromatic rings. The molecule has 0 unspecified atom stereocenters. The number of likely N-dealkylation sites (tertiary alicyclic amines) is 1. The Morgan fingerprint density at radius 3 is 2.36 bits per heavy atom. The first kappa shape index (κ1) is 36.5. The maximum atomic E-state index is 16.0. The Labute approximate surface area is 295 Å². The van der Waals surface area contributed by atoms with Gasteiger partial charge in [-0.2, -0.15) is 5.10 Å². The standard InChI is InChI=1S/C37H54F2N6O4Si/c1-35(2,3)49-34(46)44-16-12-37(39,13-17-44)23-26-8-14-43(15-9-26)32-22-29(40-24-41-32)33-27-20-31(48-36(4)10-11-36)28(38)21-30(27)45(42-33)25-47-18-19-50(5,6)7/h20-22,24,26H,8-19,23,25H2,1-7H3. The number of anilines is 1. The number of hydrogen-bond acceptors (Lipinski definition) is 8. The Bertz CT molecular complexity index is 1670. The van der Waals surface area contributed by atoms with E-state index in [1.54, 1.807) is 22.0 Å². The zero-order valence-corrected chi connectivity index (χ0v) is 31.9. The molecule has 1 aromatic carbocycles. The molecule has 0 bridgehead atoms. The van der Waals surface area contributed by atoms with Gasteiger partial charge >= 0.3 is 6.09 Å². The molecule has 3 aliphatic rings. The molecule has 1 amide bonds. The summed E-state index contributed by atoms with van der Waals surface area (Å²) in [5, 5.41) is 5.63. The molecule has 274 valence electrons. The normalized spacial score (nSPS) is 19.5. The molecule has 0 N–H and O–H groups in total. The molecule has 2 saturated heterocycles. The average Bonchev–Trinajstić information content (AvgIpc) is 3.67. The first-order valence-electron chi connectivity index (χ1n) is 18.2. The first-order chi connectivity index (χ1) is 23.5. The molecule has 1 aliphatic carbocycles. The molecule has 3 fully saturated rings. The quantitative estimate of drug-likeness (QED) is 0.145. The average molecular weight is 713 g/mol. The number of hydrogen-bond donors (Lipinski definition) is 0. The summed E-state index contributed by atoms with van der Waals surface area (Å²) in [7, 11) is -1.27. The van der Waals surface area contributed by atoms with Gasteiger partial charge in [0, 0.05) is 58.4 Å². The highest BCUT2D eigenvalue weighted by molar-refractivity contribution is 6.76. The number of aromatic nitrogens is 4. The van der Waals surface area contributed by atoms with Crippen molar-refractivity contribution in [1.82, 2.24) is 24.6 Å². The molecule has 2 aromatic heterocycles. The number of amides is 1. The van der Waals surface area contributed by atoms with Crippen LogP contribution in [0.25, 0.3) is 22.3 Å². The van der Waals surface area contributed by atoms with E-state index in [1.807, 2.05) is 33.8 Å². The summed E-state index contributed by atoms with van der Waals surface area (Å²) < 4.78 is 50.6. The minimum Gasteiger partial charge on any atom is -0.484 e. The van der Waals surface area contributed by atoms with Crippen molar-refractivity contribution in [2.24, 2.45) is 5.92 Å². The molecule has 0 spiro atoms. The largest absolute Gasteiger partial charge is 0.484 e. The van der Waals surface area contributed by atoms with Crippen LogP contribution in [0, 0.1) is 11.7 Å². The molecule has 13 heteroatoms. The van der Waals surface area contributed by atoms with Gasteiger partial charge in [0.2, 0.25) is 0 Å². The predicted octanol–water partition coefficient (Wildman–Crippen LogP) is 8.22. The van der Waals surface area contributed by atoms with Crippen LogP contribution < -0.4 is 9.64 Å². The van der Waals surface area contributed by atoms with E-state index in [9.17, 15) is 4.79 Å². The van der Waals surface area contributed by atoms with Crippen molar-refractivity contribution in [3.05, 3.63) is 30.3 Å². The monoisotopic (exact) mass is 712 g/mol. The Hall–Kier alpha value is -3.32. The molecule has 1 saturated carbocycles. The summed E-state index contributed by atoms with van der Waals surface area (Å²) in [5.41, 5.74) is -0.296. The Balaban J connectivity index is 1.13. The van der Waals surface area contributed by atoms with Gasteiger partial charge in [-0.3, -0.25) is 0 Å². The minimum atomic E-state index is -1.27. The van der Waals surface area contributed by atoms with E-state index in [0.29, 0.717) is 55.9 Å². The van der Waals surface area contributed by atoms with Crippen LogP contribution >= 0.6 is 0 Å². The maximum Gasteiger partial charge on any atom is 0.410 e. The van der Waals surface area contributed by atoms with Gasteiger partial charge in [0.15, 0.2) is 11.6 Å². The van der Waals surface area contributed by atoms with E-state index >= 15 is 8.78 Å². The van der Waals surface area contributed by atoms with Crippen LogP contribution in [-0.2, 0) is 16.2 Å². The lowest BCUT2D eigenvalue weighted by atomic mass is 9.80. The Morgan fingerprint density at radius 1 is 1.02 bits per heavy atom. The third-order valence-electron chi connectivity index (χ3n) is 10.1. The number of ether oxygens (including phenoxy) is 3. The summed E-state index contributed by atoms with van der Waals surface area (Å²) in [6, 6.07) is 6.19. The van der Waals surface area contributed by atoms with Crippen LogP contribution in [0.3, 0.4) is 0 Å². The Morgan fingerprint density at radius 2 is 1.72 bits per heavy atom. The number of halogens is 2. The van der Waals surface area contributed by atoms with Gasteiger partial charge in [0.05, 0.1) is 11.2 Å². The fraction of sp³-hybridized carbons (Fsp3) is 0.676. The van der Waals surface area contributed by atoms with Crippen molar-refractivity contribution < 1.29 is 27.8 Å². The van der Waals surface area contributed by atoms with E-state index in [1.165, 1.54) is 6.07 Å². The third-order valence-corrected chi connectivity index (χ3v) is 11.8. The SMILES string of the molecule is CC(C)(C)OC(=O)N1CCC(F)(CC2CCN(c3cc(-c4nn(COCC[Si](C)(C)C)c5cc(F)c(OC6(C)CC6)cc45)ncn3)CC2)CC1. The molecule has 10 nitrogen and oxygen atoms in total. The fourth-order valence-electron chi connectivity index (χ4n) is 6.77. The lowest BCUT2D eigenvalue weighted by Crippen LogP contribution is -2.47. The van der Waals surface area contributed by atoms with Crippen LogP contribution in [-0.4, -0.2) is 88.5 Å². The van der Waals surface area contributed by atoms with Crippen LogP contribution in [0.15, 0.2) is 24.5 Å². The smallest absolute Gasteiger partial charge is 0.410 e. The summed E-state index contributed by atoms with van der Waals surface area (Å²) in [6.07, 6.45) is 5.85. The zero-order chi connectivity index (χ0) is 35.9. The van der Waals surface area contributed by atoms with Crippen molar-refractivity contribution in [2.75, 3.05) is 37.7 Å². The maximum absolute atomic E-state index is 16.0. The number of piperidine rings is 2. The molecule has 4 heterocycles. The van der Waals surface area contributed by atoms with Crippen LogP contribution in [0.4, 0.5) is 19.4 Å². The Kier molecular flexibility index (Phi) is 10.2. The number of alkyl halides is 1. The summed E-state index contributed by atoms with van der Waals surface area (Å²) in [4.78, 5) is 25.5. The van der Waals surface area contributed by atoms with E-state index in [0.717, 1.165) is 56.0 Å². The second kappa shape index (κ2) is 14.0. The van der Waals surface area contributed by atoms with Gasteiger partial charge in [-0.25, -0.2) is 28.2 Å². The van der Waals surface area contributed by atoms with E-state index in [4.69, 9.17) is 19.3 Å². The van der Waals surface area contributed by atoms with Crippen molar-refractivity contribution >= 4 is 30.9 Å². The number of rotatable bonds is 11. The highest BCUT2D eigenvalue weighted by Crippen LogP contribution is 2.42. The fourth-order valence-corrected chi connectivity index (χ4v) is 7.52. The molecule has 0 atom stereocenters. The molecule has 2 aliphatic heterocycles. The number of benzene rings is 1. The zero-order valence-electron chi connectivity index (χ0n) is 30.9. The lowest BCUT2D eigenvalue weighted by Gasteiger charge is -2.40. The highest BCUT2D eigenvalue weighted by atomic mass is 28.3. The van der Waals surface area contributed by atoms with Gasteiger partial charge < -0.3 is 24.0 Å². The van der Waals surface area contributed by atoms with Gasteiger partial charge in [-0.1, -0.05) is 19.6 Å². The second-order valence-corrected chi connectivity index (χ2v) is 22.7. The number of carbonyl (C=O) groups excluding carboxylic acids is 1. The van der Waals surface area contributed by atoms with Crippen molar-refractivity contribution in [1.29, 1.82) is 0 Å². The van der Waals surface area contributed by atoms with Gasteiger partial charge in [0.25, 0.3) is 0 Å². The lowest BCUT2D eigenvalue weighted by molar-refractivity contribution is -0.00334. The molecular formula is C37H54F2N6O4Si. The number of carbonyl (C=O) groups is 1. The van der Waals surface area contributed by atoms with Gasteiger partial charge in [-0.15, -0.1) is 0 Å². The molecule has 50 heavy (non-hydrogen) atoms. The summed E-state index contributed by atoms with van der Waals surface area (Å²) in [6.45, 7) is 17.5. The van der Waals surface area contributed by atoms with Crippen molar-refractivity contribution in [3.8, 4) is 17.1 Å². The molecule has 0 radical (unpaired) electrons. The van der Waals surface area contributed by atoms with Gasteiger partial charge in [0.1, 0.15) is 41.4 Å². The van der Waals surface area contributed by atoms with Crippen molar-refractivity contribution in [2.45, 2.75) is 122 Å². The first-order valence-corrected chi connectivity index (χ1v) is 21.9. The predicted molar refractivity (Wildman–Crippen MR) is 194 cm³/mol. The van der Waals surface area contributed by atoms with Crippen LogP contribution in [0.5, 0.6) is 5.75 Å². The van der Waals surface area contributed by atoms with E-state index < -0.39 is 25.2 Å². The minimum absolute atomic E-state index is 0.207. The van der Waals surface area contributed by atoms with E-state index in [2.05, 4.69) is 34.5 Å². The van der Waals surface area contributed by atoms with Gasteiger partial charge in [-0.05, 0) is 90.7 Å². The number of nitrogens with zero attached hydrogens (tertiary/aromatic N) is 6. The third kappa shape index (κ3) is 9.12. The topological polar surface area (TPSA) is 94.8 Å². The van der Waals surface area contributed by atoms with Crippen LogP contribution in [0.2, 0.25) is 25.7 Å². The molecule has 6 rings (SSSR count). The molecular weight excluding hydrogens is 659 g/mol. The highest BCUT2D eigenvalue weighted by Gasteiger charge is 2.41. The second-order valence-electron chi connectivity index (χ2n) is 17.1. The van der Waals surface area contributed by atoms with Crippen molar-refractivity contribution in [3.63, 3.8) is 0 Å². The summed E-state index contributed by atoms with van der Waals surface area (Å²) in [5.74, 6) is 0.839. The summed E-state index contributed by atoms with van der Waals surface area (Å²) >= 11 is 0. The number of fused-ring (bicyclic) bond motifs is 1.